The smallest absolute Gasteiger partial charge is 0.228 e. The Kier molecular flexibility index (Phi) is 27.5. The molecule has 0 aromatic rings. The molecular weight excluding hydrogens is 538 g/mol. The first-order valence-corrected chi connectivity index (χ1v) is 11.7. The van der Waals surface area contributed by atoms with E-state index in [0.29, 0.717) is 6.61 Å². The Labute approximate surface area is 230 Å². The van der Waals surface area contributed by atoms with E-state index in [1.807, 2.05) is 13.8 Å². The first-order chi connectivity index (χ1) is 18.8. The molecule has 0 bridgehead atoms. The van der Waals surface area contributed by atoms with Crippen LogP contribution in [0.25, 0.3) is 31.3 Å². The van der Waals surface area contributed by atoms with Crippen molar-refractivity contribution in [2.45, 2.75) is 65.6 Å². The quantitative estimate of drug-likeness (QED) is 0.0386. The van der Waals surface area contributed by atoms with Gasteiger partial charge in [-0.1, -0.05) is 15.3 Å². The van der Waals surface area contributed by atoms with Crippen LogP contribution < -0.4 is 0 Å². The molecule has 19 nitrogen and oxygen atoms in total. The van der Waals surface area contributed by atoms with Crippen LogP contribution >= 0.6 is 0 Å². The fraction of sp³-hybridized carbons (Fsp3) is 0.810. The van der Waals surface area contributed by atoms with Gasteiger partial charge in [0.2, 0.25) is 11.6 Å². The molecule has 0 aliphatic carbocycles. The number of azide groups is 3. The van der Waals surface area contributed by atoms with Gasteiger partial charge in [-0.15, -0.1) is 0 Å². The first-order valence-electron chi connectivity index (χ1n) is 11.7. The highest BCUT2D eigenvalue weighted by molar-refractivity contribution is 6.26. The second-order valence-electron chi connectivity index (χ2n) is 7.72. The molecule has 1 fully saturated rings. The van der Waals surface area contributed by atoms with E-state index in [9.17, 15) is 19.2 Å². The molecule has 1 aliphatic heterocycles. The van der Waals surface area contributed by atoms with Gasteiger partial charge in [0.15, 0.2) is 17.9 Å². The van der Waals surface area contributed by atoms with Gasteiger partial charge >= 0.3 is 0 Å². The summed E-state index contributed by atoms with van der Waals surface area (Å²) in [5.74, 6) is -1.27. The van der Waals surface area contributed by atoms with Gasteiger partial charge in [-0.05, 0) is 58.1 Å². The predicted molar refractivity (Wildman–Crippen MR) is 138 cm³/mol. The number of carbonyl (C=O) groups excluding carboxylic acids is 4. The Morgan fingerprint density at radius 3 is 1.45 bits per heavy atom. The first kappa shape index (κ1) is 40.9. The molecule has 226 valence electrons. The summed E-state index contributed by atoms with van der Waals surface area (Å²) >= 11 is 0. The van der Waals surface area contributed by atoms with Gasteiger partial charge in [0.05, 0.1) is 19.8 Å². The summed E-state index contributed by atoms with van der Waals surface area (Å²) in [5, 5.41) is 18.0. The highest BCUT2D eigenvalue weighted by atomic mass is 17.4. The van der Waals surface area contributed by atoms with E-state index >= 15 is 0 Å². The third-order valence-electron chi connectivity index (χ3n) is 3.98. The van der Waals surface area contributed by atoms with Gasteiger partial charge in [-0.3, -0.25) is 19.2 Å². The SMILES string of the molecule is CC(=O)C(C)OCCN=[N+]=[N-].CC(OCCN=[N+]=[N-])C(=O)C=O.CC(OCCN=[N+]=[N-])C(=O)CO.CC1(C)OO1. The van der Waals surface area contributed by atoms with Gasteiger partial charge in [0, 0.05) is 34.4 Å². The lowest BCUT2D eigenvalue weighted by atomic mass is 10.3. The number of carbonyl (C=O) groups is 4. The maximum Gasteiger partial charge on any atom is 0.228 e. The molecule has 0 aromatic carbocycles. The van der Waals surface area contributed by atoms with Crippen molar-refractivity contribution >= 4 is 23.6 Å². The van der Waals surface area contributed by atoms with Crippen molar-refractivity contribution < 1.29 is 48.3 Å². The number of rotatable bonds is 17. The number of aldehydes is 1. The fourth-order valence-electron chi connectivity index (χ4n) is 1.55. The minimum Gasteiger partial charge on any atom is -0.388 e. The molecule has 0 amide bonds. The van der Waals surface area contributed by atoms with E-state index in [1.165, 1.54) is 20.8 Å². The number of aliphatic hydroxyl groups is 1. The monoisotopic (exact) mass is 575 g/mol. The Hall–Kier alpha value is -3.63. The number of Topliss-reactive ketones (excluding diaryl/α,β-unsaturated/α-hetero) is 3. The Morgan fingerprint density at radius 2 is 1.18 bits per heavy atom. The van der Waals surface area contributed by atoms with Gasteiger partial charge < -0.3 is 19.3 Å². The molecule has 1 saturated heterocycles. The van der Waals surface area contributed by atoms with Crippen LogP contribution in [0.3, 0.4) is 0 Å². The van der Waals surface area contributed by atoms with Crippen molar-refractivity contribution in [3.8, 4) is 0 Å². The normalized spacial score (nSPS) is 14.0. The van der Waals surface area contributed by atoms with E-state index < -0.39 is 30.7 Å². The highest BCUT2D eigenvalue weighted by Crippen LogP contribution is 2.26. The standard InChI is InChI=1S/C6H11N3O3.C6H9N3O3.C6H11N3O2.C3H6O2/c2*1-5(6(11)4-10)12-3-2-8-9-7;1-5(10)6(2)11-4-3-8-9-7;1-3(2)4-5-3/h5,10H,2-4H2,1H3;4-5H,2-3H2,1H3;6H,3-4H2,1-2H3;1-2H3. The number of nitrogens with zero attached hydrogens (tertiary/aromatic N) is 9. The fourth-order valence-corrected chi connectivity index (χ4v) is 1.55. The van der Waals surface area contributed by atoms with Crippen molar-refractivity contribution in [2.75, 3.05) is 46.1 Å². The second kappa shape index (κ2) is 27.0. The van der Waals surface area contributed by atoms with Crippen molar-refractivity contribution in [3.63, 3.8) is 0 Å². The lowest BCUT2D eigenvalue weighted by molar-refractivity contribution is -0.137. The zero-order chi connectivity index (χ0) is 31.4. The summed E-state index contributed by atoms with van der Waals surface area (Å²) in [6.07, 6.45) is -1.58. The van der Waals surface area contributed by atoms with Crippen LogP contribution in [0.2, 0.25) is 0 Å². The molecule has 3 unspecified atom stereocenters. The number of ether oxygens (including phenoxy) is 3. The zero-order valence-corrected chi connectivity index (χ0v) is 23.4. The molecular formula is C21H37N9O10. The van der Waals surface area contributed by atoms with E-state index in [-0.39, 0.29) is 56.5 Å². The average Bonchev–Trinajstić information content (AvgIpc) is 3.64. The van der Waals surface area contributed by atoms with Crippen molar-refractivity contribution in [1.82, 2.24) is 0 Å². The zero-order valence-electron chi connectivity index (χ0n) is 23.4. The molecule has 0 aromatic heterocycles. The maximum atomic E-state index is 10.7. The Bertz CT molecular complexity index is 893. The van der Waals surface area contributed by atoms with Crippen LogP contribution in [0.1, 0.15) is 41.5 Å². The number of ketones is 3. The van der Waals surface area contributed by atoms with E-state index in [4.69, 9.17) is 35.9 Å². The van der Waals surface area contributed by atoms with Crippen LogP contribution in [0.4, 0.5) is 0 Å². The van der Waals surface area contributed by atoms with Crippen molar-refractivity contribution in [2.24, 2.45) is 15.3 Å². The molecule has 19 heteroatoms. The summed E-state index contributed by atoms with van der Waals surface area (Å²) in [7, 11) is 0. The Morgan fingerprint density at radius 1 is 0.825 bits per heavy atom. The summed E-state index contributed by atoms with van der Waals surface area (Å²) in [6, 6.07) is 0. The van der Waals surface area contributed by atoms with Crippen molar-refractivity contribution in [3.05, 3.63) is 31.3 Å². The summed E-state index contributed by atoms with van der Waals surface area (Å²) in [6.45, 7) is 10.6. The van der Waals surface area contributed by atoms with E-state index in [0.717, 1.165) is 0 Å². The van der Waals surface area contributed by atoms with Crippen LogP contribution in [-0.2, 0) is 43.2 Å². The largest absolute Gasteiger partial charge is 0.388 e. The van der Waals surface area contributed by atoms with Crippen LogP contribution in [0.15, 0.2) is 15.3 Å². The third kappa shape index (κ3) is 30.6. The number of aliphatic hydroxyl groups excluding tert-OH is 1. The predicted octanol–water partition coefficient (Wildman–Crippen LogP) is 2.71. The van der Waals surface area contributed by atoms with Gasteiger partial charge in [-0.2, -0.15) is 9.78 Å². The second-order valence-corrected chi connectivity index (χ2v) is 7.72. The Balaban J connectivity index is -0.000000471. The molecule has 0 radical (unpaired) electrons. The lowest BCUT2D eigenvalue weighted by Gasteiger charge is -2.08. The average molecular weight is 576 g/mol. The summed E-state index contributed by atoms with van der Waals surface area (Å²) in [5.41, 5.74) is 23.6. The van der Waals surface area contributed by atoms with Gasteiger partial charge in [0.1, 0.15) is 24.9 Å². The molecule has 3 atom stereocenters. The molecule has 0 spiro atoms. The van der Waals surface area contributed by atoms with Crippen LogP contribution in [-0.4, -0.2) is 98.9 Å². The lowest BCUT2D eigenvalue weighted by Crippen LogP contribution is -2.24. The molecule has 1 N–H and O–H groups in total. The van der Waals surface area contributed by atoms with Gasteiger partial charge in [0.25, 0.3) is 0 Å². The third-order valence-corrected chi connectivity index (χ3v) is 3.98. The van der Waals surface area contributed by atoms with Crippen LogP contribution in [0.5, 0.6) is 0 Å². The van der Waals surface area contributed by atoms with E-state index in [1.54, 1.807) is 6.92 Å². The van der Waals surface area contributed by atoms with E-state index in [2.05, 4.69) is 39.9 Å². The minimum atomic E-state index is -0.753. The molecule has 1 rings (SSSR count). The topological polar surface area (TPSA) is 288 Å². The molecule has 40 heavy (non-hydrogen) atoms. The molecule has 1 heterocycles. The van der Waals surface area contributed by atoms with Crippen LogP contribution in [0, 0.1) is 0 Å². The minimum absolute atomic E-state index is 0.0223. The van der Waals surface area contributed by atoms with Crippen molar-refractivity contribution in [1.29, 1.82) is 0 Å². The number of hydrogen-bond donors (Lipinski definition) is 1. The molecule has 1 aliphatic rings. The number of hydrogen-bond acceptors (Lipinski definition) is 13. The van der Waals surface area contributed by atoms with Gasteiger partial charge in [-0.25, -0.2) is 0 Å². The maximum absolute atomic E-state index is 10.7. The summed E-state index contributed by atoms with van der Waals surface area (Å²) in [4.78, 5) is 58.1. The summed E-state index contributed by atoms with van der Waals surface area (Å²) < 4.78 is 14.8. The highest BCUT2D eigenvalue weighted by Gasteiger charge is 2.36. The molecule has 0 saturated carbocycles.